The van der Waals surface area contributed by atoms with Crippen molar-refractivity contribution in [3.8, 4) is 11.8 Å². The summed E-state index contributed by atoms with van der Waals surface area (Å²) < 4.78 is 1.51. The first-order valence-electron chi connectivity index (χ1n) is 10.5. The van der Waals surface area contributed by atoms with Gasteiger partial charge in [0.2, 0.25) is 5.91 Å². The molecular formula is C22H28Cl3N5O. The molecule has 1 N–H and O–H groups in total. The Morgan fingerprint density at radius 2 is 1.84 bits per heavy atom. The maximum atomic E-state index is 12.9. The third-order valence-electron chi connectivity index (χ3n) is 4.91. The smallest absolute Gasteiger partial charge is 0.224 e. The van der Waals surface area contributed by atoms with Crippen molar-refractivity contribution in [2.45, 2.75) is 58.9 Å². The fourth-order valence-corrected chi connectivity index (χ4v) is 3.78. The van der Waals surface area contributed by atoms with Gasteiger partial charge in [0.1, 0.15) is 17.5 Å². The van der Waals surface area contributed by atoms with Crippen LogP contribution >= 0.6 is 34.8 Å². The molecule has 0 spiro atoms. The van der Waals surface area contributed by atoms with Gasteiger partial charge in [-0.05, 0) is 31.9 Å². The summed E-state index contributed by atoms with van der Waals surface area (Å²) in [6.45, 7) is 7.67. The van der Waals surface area contributed by atoms with E-state index in [0.717, 1.165) is 38.8 Å². The molecule has 31 heavy (non-hydrogen) atoms. The molecule has 1 atom stereocenters. The Morgan fingerprint density at radius 3 is 2.42 bits per heavy atom. The zero-order valence-corrected chi connectivity index (χ0v) is 20.4. The predicted octanol–water partition coefficient (Wildman–Crippen LogP) is 6.32. The summed E-state index contributed by atoms with van der Waals surface area (Å²) in [5.41, 5.74) is 0.835. The average molecular weight is 485 g/mol. The Morgan fingerprint density at radius 1 is 1.19 bits per heavy atom. The van der Waals surface area contributed by atoms with E-state index in [2.05, 4.69) is 30.3 Å². The molecule has 2 aromatic rings. The minimum absolute atomic E-state index is 0.0963. The molecule has 0 saturated heterocycles. The van der Waals surface area contributed by atoms with Crippen LogP contribution in [-0.2, 0) is 4.79 Å². The van der Waals surface area contributed by atoms with Crippen LogP contribution in [0.4, 0.5) is 5.82 Å². The molecule has 1 heterocycles. The minimum atomic E-state index is -0.220. The standard InChI is InChI=1S/C22H28Cl3N5O/c1-4-6-10-29(11-7-5-2)19(31)12-15(3)28-22-16(13-26)14-27-30(22)18-9-8-17(23)20(24)21(18)25/h8-9,14-15,28H,4-7,10-12H2,1-3H3. The lowest BCUT2D eigenvalue weighted by molar-refractivity contribution is -0.131. The molecule has 1 aromatic heterocycles. The van der Waals surface area contributed by atoms with Crippen LogP contribution < -0.4 is 5.32 Å². The van der Waals surface area contributed by atoms with E-state index >= 15 is 0 Å². The number of nitrogens with zero attached hydrogens (tertiary/aromatic N) is 4. The molecule has 168 valence electrons. The van der Waals surface area contributed by atoms with Crippen molar-refractivity contribution in [3.63, 3.8) is 0 Å². The average Bonchev–Trinajstić information content (AvgIpc) is 3.14. The number of benzene rings is 1. The van der Waals surface area contributed by atoms with Gasteiger partial charge in [0.25, 0.3) is 0 Å². The van der Waals surface area contributed by atoms with E-state index in [1.807, 2.05) is 11.8 Å². The van der Waals surface area contributed by atoms with Crippen LogP contribution in [0, 0.1) is 11.3 Å². The number of unbranched alkanes of at least 4 members (excludes halogenated alkanes) is 2. The first kappa shape index (κ1) is 25.3. The van der Waals surface area contributed by atoms with Gasteiger partial charge in [0, 0.05) is 25.6 Å². The topological polar surface area (TPSA) is 74.0 Å². The van der Waals surface area contributed by atoms with Crippen molar-refractivity contribution in [2.24, 2.45) is 0 Å². The summed E-state index contributed by atoms with van der Waals surface area (Å²) in [7, 11) is 0. The van der Waals surface area contributed by atoms with Gasteiger partial charge in [-0.15, -0.1) is 0 Å². The van der Waals surface area contributed by atoms with Crippen molar-refractivity contribution in [1.82, 2.24) is 14.7 Å². The van der Waals surface area contributed by atoms with Crippen LogP contribution in [0.3, 0.4) is 0 Å². The molecular weight excluding hydrogens is 457 g/mol. The second-order valence-electron chi connectivity index (χ2n) is 7.46. The van der Waals surface area contributed by atoms with Crippen molar-refractivity contribution < 1.29 is 4.79 Å². The fourth-order valence-electron chi connectivity index (χ4n) is 3.17. The van der Waals surface area contributed by atoms with Crippen molar-refractivity contribution in [3.05, 3.63) is 39.0 Å². The van der Waals surface area contributed by atoms with Crippen LogP contribution in [0.2, 0.25) is 15.1 Å². The monoisotopic (exact) mass is 483 g/mol. The summed E-state index contributed by atoms with van der Waals surface area (Å²) in [4.78, 5) is 14.8. The first-order chi connectivity index (χ1) is 14.8. The largest absolute Gasteiger partial charge is 0.366 e. The molecule has 1 amide bonds. The van der Waals surface area contributed by atoms with E-state index in [4.69, 9.17) is 34.8 Å². The van der Waals surface area contributed by atoms with Crippen LogP contribution in [0.1, 0.15) is 58.4 Å². The number of carbonyl (C=O) groups excluding carboxylic acids is 1. The molecule has 0 aliphatic rings. The maximum absolute atomic E-state index is 12.9. The second-order valence-corrected chi connectivity index (χ2v) is 8.63. The fraction of sp³-hybridized carbons (Fsp3) is 0.500. The number of aromatic nitrogens is 2. The normalized spacial score (nSPS) is 11.8. The van der Waals surface area contributed by atoms with Gasteiger partial charge in [0.15, 0.2) is 0 Å². The van der Waals surface area contributed by atoms with Gasteiger partial charge < -0.3 is 10.2 Å². The third kappa shape index (κ3) is 6.52. The molecule has 2 rings (SSSR count). The third-order valence-corrected chi connectivity index (χ3v) is 6.20. The lowest BCUT2D eigenvalue weighted by Crippen LogP contribution is -2.36. The number of carbonyl (C=O) groups is 1. The van der Waals surface area contributed by atoms with E-state index in [1.54, 1.807) is 12.1 Å². The lowest BCUT2D eigenvalue weighted by Gasteiger charge is -2.25. The molecule has 6 nitrogen and oxygen atoms in total. The van der Waals surface area contributed by atoms with Gasteiger partial charge in [-0.1, -0.05) is 61.5 Å². The van der Waals surface area contributed by atoms with Gasteiger partial charge in [-0.2, -0.15) is 10.4 Å². The molecule has 0 fully saturated rings. The first-order valence-corrected chi connectivity index (χ1v) is 11.6. The number of halogens is 3. The molecule has 0 bridgehead atoms. The summed E-state index contributed by atoms with van der Waals surface area (Å²) in [6, 6.07) is 5.21. The van der Waals surface area contributed by atoms with Crippen molar-refractivity contribution >= 4 is 46.5 Å². The van der Waals surface area contributed by atoms with Crippen LogP contribution in [0.15, 0.2) is 18.3 Å². The Labute approximate surface area is 199 Å². The Bertz CT molecular complexity index is 930. The quantitative estimate of drug-likeness (QED) is 0.378. The van der Waals surface area contributed by atoms with E-state index in [-0.39, 0.29) is 22.0 Å². The lowest BCUT2D eigenvalue weighted by atomic mass is 10.1. The molecule has 9 heteroatoms. The Balaban J connectivity index is 2.22. The molecule has 0 saturated carbocycles. The number of rotatable bonds is 11. The van der Waals surface area contributed by atoms with E-state index in [9.17, 15) is 10.1 Å². The number of nitriles is 1. The number of hydrogen-bond donors (Lipinski definition) is 1. The highest BCUT2D eigenvalue weighted by Gasteiger charge is 2.21. The number of amides is 1. The Kier molecular flexibility index (Phi) is 9.95. The van der Waals surface area contributed by atoms with Crippen molar-refractivity contribution in [2.75, 3.05) is 18.4 Å². The van der Waals surface area contributed by atoms with Gasteiger partial charge in [-0.3, -0.25) is 4.79 Å². The molecule has 0 aliphatic carbocycles. The number of nitrogens with one attached hydrogen (secondary N) is 1. The van der Waals surface area contributed by atoms with Gasteiger partial charge in [-0.25, -0.2) is 4.68 Å². The highest BCUT2D eigenvalue weighted by atomic mass is 35.5. The summed E-state index contributed by atoms with van der Waals surface area (Å²) >= 11 is 18.6. The molecule has 0 aliphatic heterocycles. The van der Waals surface area contributed by atoms with Gasteiger partial charge >= 0.3 is 0 Å². The van der Waals surface area contributed by atoms with Crippen LogP contribution in [0.25, 0.3) is 5.69 Å². The predicted molar refractivity (Wildman–Crippen MR) is 127 cm³/mol. The summed E-state index contributed by atoms with van der Waals surface area (Å²) in [6.07, 6.45) is 5.80. The molecule has 1 unspecified atom stereocenters. The molecule has 0 radical (unpaired) electrons. The summed E-state index contributed by atoms with van der Waals surface area (Å²) in [5.74, 6) is 0.552. The van der Waals surface area contributed by atoms with Gasteiger partial charge in [0.05, 0.1) is 27.0 Å². The van der Waals surface area contributed by atoms with E-state index < -0.39 is 0 Å². The highest BCUT2D eigenvalue weighted by molar-refractivity contribution is 6.48. The SMILES string of the molecule is CCCCN(CCCC)C(=O)CC(C)Nc1c(C#N)cnn1-c1ccc(Cl)c(Cl)c1Cl. The minimum Gasteiger partial charge on any atom is -0.366 e. The van der Waals surface area contributed by atoms with Crippen molar-refractivity contribution in [1.29, 1.82) is 5.26 Å². The Hall–Kier alpha value is -1.94. The number of anilines is 1. The maximum Gasteiger partial charge on any atom is 0.224 e. The zero-order valence-electron chi connectivity index (χ0n) is 18.1. The van der Waals surface area contributed by atoms with Crippen LogP contribution in [-0.4, -0.2) is 39.7 Å². The second kappa shape index (κ2) is 12.2. The summed E-state index contributed by atoms with van der Waals surface area (Å²) in [5, 5.41) is 17.9. The highest BCUT2D eigenvalue weighted by Crippen LogP contribution is 2.36. The van der Waals surface area contributed by atoms with E-state index in [0.29, 0.717) is 28.5 Å². The van der Waals surface area contributed by atoms with Crippen LogP contribution in [0.5, 0.6) is 0 Å². The molecule has 1 aromatic carbocycles. The van der Waals surface area contributed by atoms with E-state index in [1.165, 1.54) is 10.9 Å². The number of hydrogen-bond acceptors (Lipinski definition) is 4. The zero-order chi connectivity index (χ0) is 23.0.